The second-order valence-electron chi connectivity index (χ2n) is 6.91. The van der Waals surface area contributed by atoms with Gasteiger partial charge >= 0.3 is 0 Å². The van der Waals surface area contributed by atoms with Gasteiger partial charge in [0, 0.05) is 48.8 Å². The lowest BCUT2D eigenvalue weighted by atomic mass is 10.0. The summed E-state index contributed by atoms with van der Waals surface area (Å²) in [5, 5.41) is 0. The van der Waals surface area contributed by atoms with Crippen molar-refractivity contribution in [2.75, 3.05) is 13.2 Å². The second-order valence-corrected chi connectivity index (χ2v) is 6.91. The maximum absolute atomic E-state index is 6.27. The molecule has 140 valence electrons. The summed E-state index contributed by atoms with van der Waals surface area (Å²) in [6.45, 7) is 2.12. The van der Waals surface area contributed by atoms with E-state index in [1.807, 2.05) is 30.5 Å². The number of ether oxygens (including phenoxy) is 2. The van der Waals surface area contributed by atoms with Crippen molar-refractivity contribution in [3.05, 3.63) is 71.8 Å². The smallest absolute Gasteiger partial charge is 0.223 e. The Balaban J connectivity index is 1.50. The van der Waals surface area contributed by atoms with E-state index in [2.05, 4.69) is 21.0 Å². The first-order valence-corrected chi connectivity index (χ1v) is 9.52. The third-order valence-corrected chi connectivity index (χ3v) is 5.10. The van der Waals surface area contributed by atoms with E-state index in [4.69, 9.17) is 14.5 Å². The molecule has 0 aromatic carbocycles. The zero-order chi connectivity index (χ0) is 18.8. The van der Waals surface area contributed by atoms with Crippen LogP contribution in [0.5, 0.6) is 5.88 Å². The molecule has 28 heavy (non-hydrogen) atoms. The van der Waals surface area contributed by atoms with E-state index in [-0.39, 0.29) is 6.10 Å². The minimum absolute atomic E-state index is 0.138. The summed E-state index contributed by atoms with van der Waals surface area (Å²) >= 11 is 0. The van der Waals surface area contributed by atoms with Crippen molar-refractivity contribution < 1.29 is 9.47 Å². The van der Waals surface area contributed by atoms with Crippen LogP contribution < -0.4 is 4.74 Å². The molecule has 0 amide bonds. The predicted octanol–water partition coefficient (Wildman–Crippen LogP) is 3.45. The first kappa shape index (κ1) is 17.0. The highest BCUT2D eigenvalue weighted by Gasteiger charge is 2.26. The quantitative estimate of drug-likeness (QED) is 0.702. The van der Waals surface area contributed by atoms with Gasteiger partial charge in [0.2, 0.25) is 5.88 Å². The topological polar surface area (TPSA) is 69.5 Å². The van der Waals surface area contributed by atoms with Crippen LogP contribution in [0.1, 0.15) is 29.5 Å². The number of nitrogens with zero attached hydrogens (tertiary/aromatic N) is 4. The normalized spacial score (nSPS) is 16.5. The van der Waals surface area contributed by atoms with Crippen LogP contribution in [0.4, 0.5) is 0 Å². The molecular formula is C22H20N4O2. The van der Waals surface area contributed by atoms with Crippen LogP contribution in [-0.2, 0) is 11.3 Å². The number of aliphatic imine (C=N–C) groups is 1. The second kappa shape index (κ2) is 7.48. The van der Waals surface area contributed by atoms with Gasteiger partial charge in [0.1, 0.15) is 6.10 Å². The molecule has 1 fully saturated rings. The zero-order valence-electron chi connectivity index (χ0n) is 15.4. The van der Waals surface area contributed by atoms with Crippen molar-refractivity contribution in [3.63, 3.8) is 0 Å². The van der Waals surface area contributed by atoms with E-state index in [9.17, 15) is 0 Å². The minimum atomic E-state index is 0.138. The molecule has 0 radical (unpaired) electrons. The Morgan fingerprint density at radius 3 is 2.54 bits per heavy atom. The average Bonchev–Trinajstić information content (AvgIpc) is 3.21. The fourth-order valence-electron chi connectivity index (χ4n) is 3.64. The van der Waals surface area contributed by atoms with E-state index < -0.39 is 0 Å². The fraction of sp³-hybridized carbons (Fsp3) is 0.273. The molecule has 3 aromatic rings. The Kier molecular flexibility index (Phi) is 4.54. The van der Waals surface area contributed by atoms with Crippen molar-refractivity contribution in [1.82, 2.24) is 15.0 Å². The highest BCUT2D eigenvalue weighted by molar-refractivity contribution is 6.16. The molecule has 0 saturated carbocycles. The number of pyridine rings is 3. The van der Waals surface area contributed by atoms with Gasteiger partial charge in [-0.3, -0.25) is 15.0 Å². The number of hydrogen-bond acceptors (Lipinski definition) is 6. The first-order chi connectivity index (χ1) is 13.9. The maximum atomic E-state index is 6.27. The molecular weight excluding hydrogens is 352 g/mol. The molecule has 1 saturated heterocycles. The van der Waals surface area contributed by atoms with Crippen molar-refractivity contribution in [2.24, 2.45) is 4.99 Å². The van der Waals surface area contributed by atoms with Gasteiger partial charge in [-0.1, -0.05) is 0 Å². The van der Waals surface area contributed by atoms with Crippen molar-refractivity contribution in [3.8, 4) is 17.1 Å². The van der Waals surface area contributed by atoms with E-state index in [1.165, 1.54) is 0 Å². The fourth-order valence-corrected chi connectivity index (χ4v) is 3.64. The lowest BCUT2D eigenvalue weighted by Crippen LogP contribution is -2.27. The third kappa shape index (κ3) is 3.27. The molecule has 5 rings (SSSR count). The predicted molar refractivity (Wildman–Crippen MR) is 106 cm³/mol. The molecule has 0 unspecified atom stereocenters. The van der Waals surface area contributed by atoms with Crippen LogP contribution in [0.15, 0.2) is 60.1 Å². The van der Waals surface area contributed by atoms with Crippen LogP contribution in [-0.4, -0.2) is 40.0 Å². The van der Waals surface area contributed by atoms with Gasteiger partial charge in [0.15, 0.2) is 0 Å². The summed E-state index contributed by atoms with van der Waals surface area (Å²) < 4.78 is 11.7. The third-order valence-electron chi connectivity index (χ3n) is 5.10. The van der Waals surface area contributed by atoms with Crippen LogP contribution >= 0.6 is 0 Å². The Bertz CT molecular complexity index is 1010. The molecule has 5 heterocycles. The first-order valence-electron chi connectivity index (χ1n) is 9.52. The van der Waals surface area contributed by atoms with Gasteiger partial charge in [-0.05, 0) is 35.9 Å². The van der Waals surface area contributed by atoms with Gasteiger partial charge in [-0.15, -0.1) is 0 Å². The number of aromatic nitrogens is 3. The standard InChI is InChI=1S/C22H20N4O2/c1-7-23-8-2-15(1)19-13-16(3-9-24-19)21-20-17(14-26-21)4-10-25-22(20)28-18-5-11-27-12-6-18/h1-4,7-10,13,18H,5-6,11-12,14H2. The van der Waals surface area contributed by atoms with E-state index in [0.717, 1.165) is 59.7 Å². The van der Waals surface area contributed by atoms with Crippen molar-refractivity contribution >= 4 is 5.71 Å². The van der Waals surface area contributed by atoms with E-state index in [1.54, 1.807) is 18.6 Å². The molecule has 2 aliphatic rings. The molecule has 0 aliphatic carbocycles. The maximum Gasteiger partial charge on any atom is 0.223 e. The Hall–Kier alpha value is -3.12. The molecule has 0 bridgehead atoms. The summed E-state index contributed by atoms with van der Waals surface area (Å²) in [4.78, 5) is 17.9. The monoisotopic (exact) mass is 372 g/mol. The highest BCUT2D eigenvalue weighted by atomic mass is 16.5. The summed E-state index contributed by atoms with van der Waals surface area (Å²) in [6.07, 6.45) is 9.09. The number of fused-ring (bicyclic) bond motifs is 1. The van der Waals surface area contributed by atoms with Crippen LogP contribution in [0, 0.1) is 0 Å². The highest BCUT2D eigenvalue weighted by Crippen LogP contribution is 2.31. The van der Waals surface area contributed by atoms with E-state index in [0.29, 0.717) is 12.4 Å². The summed E-state index contributed by atoms with van der Waals surface area (Å²) in [5.74, 6) is 0.669. The molecule has 6 heteroatoms. The van der Waals surface area contributed by atoms with E-state index >= 15 is 0 Å². The largest absolute Gasteiger partial charge is 0.474 e. The Morgan fingerprint density at radius 2 is 1.68 bits per heavy atom. The summed E-state index contributed by atoms with van der Waals surface area (Å²) in [7, 11) is 0. The van der Waals surface area contributed by atoms with Crippen molar-refractivity contribution in [2.45, 2.75) is 25.5 Å². The minimum Gasteiger partial charge on any atom is -0.474 e. The summed E-state index contributed by atoms with van der Waals surface area (Å²) in [6, 6.07) is 9.99. The van der Waals surface area contributed by atoms with Crippen LogP contribution in [0.3, 0.4) is 0 Å². The molecule has 0 N–H and O–H groups in total. The number of rotatable bonds is 4. The number of hydrogen-bond donors (Lipinski definition) is 0. The van der Waals surface area contributed by atoms with Gasteiger partial charge in [-0.2, -0.15) is 0 Å². The van der Waals surface area contributed by atoms with Crippen LogP contribution in [0.25, 0.3) is 11.3 Å². The van der Waals surface area contributed by atoms with Gasteiger partial charge in [0.05, 0.1) is 36.7 Å². The molecule has 2 aliphatic heterocycles. The zero-order valence-corrected chi connectivity index (χ0v) is 15.4. The van der Waals surface area contributed by atoms with Gasteiger partial charge in [0.25, 0.3) is 0 Å². The van der Waals surface area contributed by atoms with Gasteiger partial charge in [-0.25, -0.2) is 4.98 Å². The Morgan fingerprint density at radius 1 is 0.893 bits per heavy atom. The molecule has 3 aromatic heterocycles. The molecule has 0 atom stereocenters. The van der Waals surface area contributed by atoms with Crippen LogP contribution in [0.2, 0.25) is 0 Å². The lowest BCUT2D eigenvalue weighted by molar-refractivity contribution is 0.0236. The average molecular weight is 372 g/mol. The summed E-state index contributed by atoms with van der Waals surface area (Å²) in [5.41, 5.74) is 6.01. The lowest BCUT2D eigenvalue weighted by Gasteiger charge is -2.24. The van der Waals surface area contributed by atoms with Gasteiger partial charge < -0.3 is 9.47 Å². The molecule has 0 spiro atoms. The Labute approximate surface area is 163 Å². The molecule has 6 nitrogen and oxygen atoms in total. The SMILES string of the molecule is c1cc(-c2cc(C3=NCc4ccnc(OC5CCOCC5)c43)ccn2)ccn1. The van der Waals surface area contributed by atoms with Crippen molar-refractivity contribution in [1.29, 1.82) is 0 Å².